The maximum absolute atomic E-state index is 11.0. The first-order valence-electron chi connectivity index (χ1n) is 10.1. The molecule has 0 saturated carbocycles. The Hall–Kier alpha value is -3.48. The first kappa shape index (κ1) is 22.2. The number of aromatic nitrogens is 2. The zero-order valence-electron chi connectivity index (χ0n) is 18.5. The number of methoxy groups -OCH3 is 2. The van der Waals surface area contributed by atoms with E-state index < -0.39 is 12.6 Å². The van der Waals surface area contributed by atoms with Crippen molar-refractivity contribution in [3.63, 3.8) is 0 Å². The third kappa shape index (κ3) is 4.99. The molecule has 0 aliphatic heterocycles. The lowest BCUT2D eigenvalue weighted by Gasteiger charge is -2.14. The predicted molar refractivity (Wildman–Crippen MR) is 119 cm³/mol. The summed E-state index contributed by atoms with van der Waals surface area (Å²) < 4.78 is 18.6. The number of benzene rings is 2. The van der Waals surface area contributed by atoms with Gasteiger partial charge in [0.05, 0.1) is 25.6 Å². The van der Waals surface area contributed by atoms with E-state index in [-0.39, 0.29) is 0 Å². The van der Waals surface area contributed by atoms with E-state index in [0.717, 1.165) is 22.4 Å². The molecule has 3 rings (SSSR count). The Balaban J connectivity index is 2.16. The number of nitrogens with zero attached hydrogens (tertiary/aromatic N) is 2. The largest absolute Gasteiger partial charge is 0.493 e. The highest BCUT2D eigenvalue weighted by Crippen LogP contribution is 2.40. The maximum Gasteiger partial charge on any atom is 0.341 e. The molecule has 0 fully saturated rings. The summed E-state index contributed by atoms with van der Waals surface area (Å²) in [7, 11) is 3.22. The van der Waals surface area contributed by atoms with E-state index >= 15 is 0 Å². The lowest BCUT2D eigenvalue weighted by molar-refractivity contribution is -0.139. The number of ether oxygens (including phenoxy) is 3. The minimum Gasteiger partial charge on any atom is -0.493 e. The van der Waals surface area contributed by atoms with Crippen molar-refractivity contribution < 1.29 is 24.1 Å². The topological polar surface area (TPSA) is 82.8 Å². The van der Waals surface area contributed by atoms with E-state index in [1.54, 1.807) is 14.2 Å². The number of hydrogen-bond donors (Lipinski definition) is 1. The van der Waals surface area contributed by atoms with Crippen LogP contribution in [0.15, 0.2) is 42.5 Å². The molecule has 1 aromatic heterocycles. The summed E-state index contributed by atoms with van der Waals surface area (Å²) in [5, 5.41) is 13.9. The second-order valence-electron chi connectivity index (χ2n) is 7.71. The van der Waals surface area contributed by atoms with Gasteiger partial charge in [0.2, 0.25) is 0 Å². The monoisotopic (exact) mass is 424 g/mol. The van der Waals surface area contributed by atoms with Gasteiger partial charge in [-0.3, -0.25) is 4.68 Å². The molecule has 0 amide bonds. The van der Waals surface area contributed by atoms with Gasteiger partial charge in [0.1, 0.15) is 5.75 Å². The van der Waals surface area contributed by atoms with Crippen LogP contribution in [0.1, 0.15) is 19.4 Å². The second-order valence-corrected chi connectivity index (χ2v) is 7.71. The van der Waals surface area contributed by atoms with Crippen LogP contribution in [0, 0.1) is 12.8 Å². The first-order valence-corrected chi connectivity index (χ1v) is 10.1. The molecule has 1 heterocycles. The van der Waals surface area contributed by atoms with Crippen LogP contribution >= 0.6 is 0 Å². The SMILES string of the molecule is COc1cccc(-c2cc(-c3ccc(C)cc3OCC(=O)O)nn2CC(C)C)c1OC. The van der Waals surface area contributed by atoms with Gasteiger partial charge < -0.3 is 19.3 Å². The molecule has 0 spiro atoms. The summed E-state index contributed by atoms with van der Waals surface area (Å²) in [5.41, 5.74) is 4.14. The fourth-order valence-corrected chi connectivity index (χ4v) is 3.44. The van der Waals surface area contributed by atoms with Crippen LogP contribution in [0.3, 0.4) is 0 Å². The molecule has 0 aliphatic carbocycles. The summed E-state index contributed by atoms with van der Waals surface area (Å²) in [6.45, 7) is 6.47. The normalized spacial score (nSPS) is 10.9. The quantitative estimate of drug-likeness (QED) is 0.538. The fourth-order valence-electron chi connectivity index (χ4n) is 3.44. The summed E-state index contributed by atoms with van der Waals surface area (Å²) in [6.07, 6.45) is 0. The molecule has 31 heavy (non-hydrogen) atoms. The van der Waals surface area contributed by atoms with Crippen LogP contribution in [0.25, 0.3) is 22.5 Å². The Morgan fingerprint density at radius 3 is 2.48 bits per heavy atom. The highest BCUT2D eigenvalue weighted by atomic mass is 16.5. The highest BCUT2D eigenvalue weighted by Gasteiger charge is 2.20. The number of aliphatic carboxylic acids is 1. The Morgan fingerprint density at radius 1 is 1.06 bits per heavy atom. The molecule has 0 saturated heterocycles. The van der Waals surface area contributed by atoms with Crippen LogP contribution in [0.4, 0.5) is 0 Å². The number of para-hydroxylation sites is 1. The van der Waals surface area contributed by atoms with Crippen molar-refractivity contribution in [1.82, 2.24) is 9.78 Å². The van der Waals surface area contributed by atoms with Crippen molar-refractivity contribution in [2.24, 2.45) is 5.92 Å². The van der Waals surface area contributed by atoms with E-state index in [2.05, 4.69) is 13.8 Å². The first-order chi connectivity index (χ1) is 14.8. The molecule has 7 heteroatoms. The third-order valence-corrected chi connectivity index (χ3v) is 4.76. The van der Waals surface area contributed by atoms with Gasteiger partial charge in [-0.05, 0) is 48.7 Å². The Morgan fingerprint density at radius 2 is 1.84 bits per heavy atom. The molecular weight excluding hydrogens is 396 g/mol. The van der Waals surface area contributed by atoms with Crippen molar-refractivity contribution in [2.75, 3.05) is 20.8 Å². The maximum atomic E-state index is 11.0. The van der Waals surface area contributed by atoms with Crippen molar-refractivity contribution in [1.29, 1.82) is 0 Å². The van der Waals surface area contributed by atoms with Gasteiger partial charge in [0.25, 0.3) is 0 Å². The summed E-state index contributed by atoms with van der Waals surface area (Å²) in [4.78, 5) is 11.0. The van der Waals surface area contributed by atoms with E-state index in [0.29, 0.717) is 35.4 Å². The van der Waals surface area contributed by atoms with Crippen LogP contribution < -0.4 is 14.2 Å². The fraction of sp³-hybridized carbons (Fsp3) is 0.333. The van der Waals surface area contributed by atoms with Crippen molar-refractivity contribution >= 4 is 5.97 Å². The minimum atomic E-state index is -1.03. The second kappa shape index (κ2) is 9.55. The Bertz CT molecular complexity index is 1070. The van der Waals surface area contributed by atoms with E-state index in [9.17, 15) is 4.79 Å². The van der Waals surface area contributed by atoms with E-state index in [1.807, 2.05) is 54.1 Å². The summed E-state index contributed by atoms with van der Waals surface area (Å²) >= 11 is 0. The Kier molecular flexibility index (Phi) is 6.84. The molecule has 3 aromatic rings. The molecule has 0 atom stereocenters. The van der Waals surface area contributed by atoms with Gasteiger partial charge in [0, 0.05) is 17.7 Å². The molecule has 2 aromatic carbocycles. The predicted octanol–water partition coefficient (Wildman–Crippen LogP) is 4.66. The summed E-state index contributed by atoms with van der Waals surface area (Å²) in [5.74, 6) is 1.09. The van der Waals surface area contributed by atoms with Crippen molar-refractivity contribution in [3.05, 3.63) is 48.0 Å². The molecular formula is C24H28N2O5. The zero-order chi connectivity index (χ0) is 22.5. The van der Waals surface area contributed by atoms with Gasteiger partial charge in [0.15, 0.2) is 18.1 Å². The average molecular weight is 424 g/mol. The smallest absolute Gasteiger partial charge is 0.341 e. The minimum absolute atomic E-state index is 0.365. The molecule has 0 radical (unpaired) electrons. The lowest BCUT2D eigenvalue weighted by Crippen LogP contribution is -2.10. The van der Waals surface area contributed by atoms with Gasteiger partial charge in [-0.15, -0.1) is 0 Å². The number of carboxylic acid groups (broad SMARTS) is 1. The zero-order valence-corrected chi connectivity index (χ0v) is 18.5. The van der Waals surface area contributed by atoms with E-state index in [1.165, 1.54) is 0 Å². The van der Waals surface area contributed by atoms with Crippen molar-refractivity contribution in [3.8, 4) is 39.8 Å². The molecule has 0 bridgehead atoms. The molecule has 164 valence electrons. The number of rotatable bonds is 9. The molecule has 7 nitrogen and oxygen atoms in total. The lowest BCUT2D eigenvalue weighted by atomic mass is 10.1. The van der Waals surface area contributed by atoms with Gasteiger partial charge in [-0.2, -0.15) is 5.10 Å². The van der Waals surface area contributed by atoms with Crippen LogP contribution in [-0.2, 0) is 11.3 Å². The van der Waals surface area contributed by atoms with Gasteiger partial charge in [-0.1, -0.05) is 26.0 Å². The number of hydrogen-bond acceptors (Lipinski definition) is 5. The number of carbonyl (C=O) groups is 1. The van der Waals surface area contributed by atoms with Crippen LogP contribution in [0.2, 0.25) is 0 Å². The van der Waals surface area contributed by atoms with Gasteiger partial charge in [-0.25, -0.2) is 4.79 Å². The number of carboxylic acids is 1. The number of aryl methyl sites for hydroxylation is 1. The molecule has 0 unspecified atom stereocenters. The standard InChI is InChI=1S/C24H28N2O5/c1-15(2)13-26-20(18-7-6-8-21(29-4)24(18)30-5)12-19(25-26)17-10-9-16(3)11-22(17)31-14-23(27)28/h6-12,15H,13-14H2,1-5H3,(H,27,28). The average Bonchev–Trinajstić information content (AvgIpc) is 3.14. The molecule has 1 N–H and O–H groups in total. The van der Waals surface area contributed by atoms with Crippen LogP contribution in [-0.4, -0.2) is 41.7 Å². The molecule has 0 aliphatic rings. The van der Waals surface area contributed by atoms with Crippen molar-refractivity contribution in [2.45, 2.75) is 27.3 Å². The van der Waals surface area contributed by atoms with Crippen LogP contribution in [0.5, 0.6) is 17.2 Å². The van der Waals surface area contributed by atoms with Gasteiger partial charge >= 0.3 is 5.97 Å². The summed E-state index contributed by atoms with van der Waals surface area (Å²) in [6, 6.07) is 13.4. The highest BCUT2D eigenvalue weighted by molar-refractivity contribution is 5.77. The Labute approximate surface area is 182 Å². The van der Waals surface area contributed by atoms with E-state index in [4.69, 9.17) is 24.4 Å². The third-order valence-electron chi connectivity index (χ3n) is 4.76.